The molecule has 0 radical (unpaired) electrons. The largest absolute Gasteiger partial charge is 0.441 e. The van der Waals surface area contributed by atoms with Gasteiger partial charge in [0.25, 0.3) is 0 Å². The van der Waals surface area contributed by atoms with Gasteiger partial charge in [0, 0.05) is 17.9 Å². The van der Waals surface area contributed by atoms with Crippen molar-refractivity contribution in [1.82, 2.24) is 4.98 Å². The van der Waals surface area contributed by atoms with E-state index in [4.69, 9.17) is 39.2 Å². The summed E-state index contributed by atoms with van der Waals surface area (Å²) in [5.41, 5.74) is 0.754. The van der Waals surface area contributed by atoms with E-state index in [1.54, 1.807) is 12.3 Å². The van der Waals surface area contributed by atoms with Crippen LogP contribution in [0.3, 0.4) is 0 Å². The first-order chi connectivity index (χ1) is 8.22. The van der Waals surface area contributed by atoms with E-state index in [2.05, 4.69) is 4.98 Å². The highest BCUT2D eigenvalue weighted by Crippen LogP contribution is 2.33. The van der Waals surface area contributed by atoms with Gasteiger partial charge in [0.1, 0.15) is 0 Å². The fourth-order valence-corrected chi connectivity index (χ4v) is 1.99. The molecule has 0 amide bonds. The first kappa shape index (κ1) is 12.7. The lowest BCUT2D eigenvalue weighted by molar-refractivity contribution is 0.503. The average Bonchev–Trinajstić information content (AvgIpc) is 2.78. The highest BCUT2D eigenvalue weighted by molar-refractivity contribution is 6.43. The van der Waals surface area contributed by atoms with Crippen LogP contribution in [0, 0.1) is 0 Å². The molecule has 0 aliphatic rings. The molecular formula is C12H10Cl3NO. The predicted molar refractivity (Wildman–Crippen MR) is 71.0 cm³/mol. The lowest BCUT2D eigenvalue weighted by Gasteiger charge is -2.01. The summed E-state index contributed by atoms with van der Waals surface area (Å²) in [5, 5.41) is 0.983. The maximum atomic E-state index is 6.10. The Morgan fingerprint density at radius 3 is 2.82 bits per heavy atom. The number of rotatable bonds is 4. The van der Waals surface area contributed by atoms with Gasteiger partial charge in [-0.15, -0.1) is 11.6 Å². The minimum absolute atomic E-state index is 0.481. The van der Waals surface area contributed by atoms with Crippen molar-refractivity contribution < 1.29 is 4.42 Å². The van der Waals surface area contributed by atoms with Crippen molar-refractivity contribution in [2.45, 2.75) is 12.8 Å². The average molecular weight is 291 g/mol. The molecule has 0 saturated carbocycles. The Morgan fingerprint density at radius 1 is 1.24 bits per heavy atom. The summed E-state index contributed by atoms with van der Waals surface area (Å²) < 4.78 is 5.59. The maximum Gasteiger partial charge on any atom is 0.194 e. The molecule has 2 rings (SSSR count). The van der Waals surface area contributed by atoms with Gasteiger partial charge in [-0.2, -0.15) is 0 Å². The summed E-state index contributed by atoms with van der Waals surface area (Å²) >= 11 is 17.7. The fourth-order valence-electron chi connectivity index (χ4n) is 1.46. The normalized spacial score (nSPS) is 10.8. The molecule has 0 atom stereocenters. The van der Waals surface area contributed by atoms with Crippen molar-refractivity contribution in [2.75, 3.05) is 5.88 Å². The molecule has 1 aromatic heterocycles. The summed E-state index contributed by atoms with van der Waals surface area (Å²) in [4.78, 5) is 4.17. The van der Waals surface area contributed by atoms with Gasteiger partial charge in [-0.25, -0.2) is 4.98 Å². The topological polar surface area (TPSA) is 26.0 Å². The summed E-state index contributed by atoms with van der Waals surface area (Å²) in [7, 11) is 0. The molecule has 0 unspecified atom stereocenters. The molecule has 0 aliphatic carbocycles. The van der Waals surface area contributed by atoms with E-state index in [1.165, 1.54) is 0 Å². The molecule has 2 aromatic rings. The van der Waals surface area contributed by atoms with E-state index < -0.39 is 0 Å². The minimum atomic E-state index is 0.481. The number of nitrogens with zero attached hydrogens (tertiary/aromatic N) is 1. The Balaban J connectivity index is 2.27. The molecule has 2 nitrogen and oxygen atoms in total. The molecule has 0 aliphatic heterocycles. The Labute approximate surface area is 115 Å². The van der Waals surface area contributed by atoms with Gasteiger partial charge in [0.2, 0.25) is 0 Å². The van der Waals surface area contributed by atoms with Crippen LogP contribution < -0.4 is 0 Å². The number of oxazole rings is 1. The van der Waals surface area contributed by atoms with E-state index in [0.29, 0.717) is 27.6 Å². The first-order valence-corrected chi connectivity index (χ1v) is 6.46. The zero-order valence-electron chi connectivity index (χ0n) is 8.92. The van der Waals surface area contributed by atoms with Crippen molar-refractivity contribution in [3.05, 3.63) is 40.3 Å². The lowest BCUT2D eigenvalue weighted by atomic mass is 10.2. The van der Waals surface area contributed by atoms with Crippen LogP contribution in [-0.2, 0) is 6.42 Å². The smallest absolute Gasteiger partial charge is 0.194 e. The van der Waals surface area contributed by atoms with Gasteiger partial charge in [-0.1, -0.05) is 29.3 Å². The summed E-state index contributed by atoms with van der Waals surface area (Å²) in [6, 6.07) is 5.41. The second-order valence-electron chi connectivity index (χ2n) is 3.51. The number of hydrogen-bond donors (Lipinski definition) is 0. The third-order valence-corrected chi connectivity index (χ3v) is 3.38. The van der Waals surface area contributed by atoms with Crippen LogP contribution in [0.5, 0.6) is 0 Å². The van der Waals surface area contributed by atoms with Crippen LogP contribution in [0.2, 0.25) is 10.0 Å². The monoisotopic (exact) mass is 289 g/mol. The molecule has 0 saturated heterocycles. The van der Waals surface area contributed by atoms with Crippen molar-refractivity contribution in [1.29, 1.82) is 0 Å². The van der Waals surface area contributed by atoms with Crippen LogP contribution in [0.1, 0.15) is 12.3 Å². The highest BCUT2D eigenvalue weighted by Gasteiger charge is 2.11. The van der Waals surface area contributed by atoms with Gasteiger partial charge in [0.05, 0.1) is 16.2 Å². The van der Waals surface area contributed by atoms with Crippen molar-refractivity contribution in [3.63, 3.8) is 0 Å². The molecule has 0 spiro atoms. The molecule has 0 bridgehead atoms. The number of alkyl halides is 1. The predicted octanol–water partition coefficient (Wildman–Crippen LogP) is 4.82. The zero-order chi connectivity index (χ0) is 12.3. The van der Waals surface area contributed by atoms with Crippen molar-refractivity contribution in [3.8, 4) is 11.3 Å². The maximum absolute atomic E-state index is 6.10. The Kier molecular flexibility index (Phi) is 4.32. The van der Waals surface area contributed by atoms with Crippen molar-refractivity contribution in [2.24, 2.45) is 0 Å². The number of halogens is 3. The quantitative estimate of drug-likeness (QED) is 0.755. The number of aromatic nitrogens is 1. The van der Waals surface area contributed by atoms with E-state index in [-0.39, 0.29) is 0 Å². The zero-order valence-corrected chi connectivity index (χ0v) is 11.2. The van der Waals surface area contributed by atoms with Crippen LogP contribution in [0.15, 0.2) is 28.8 Å². The van der Waals surface area contributed by atoms with E-state index in [9.17, 15) is 0 Å². The number of benzene rings is 1. The third kappa shape index (κ3) is 2.95. The molecule has 17 heavy (non-hydrogen) atoms. The van der Waals surface area contributed by atoms with Crippen LogP contribution in [0.4, 0.5) is 0 Å². The lowest BCUT2D eigenvalue weighted by Crippen LogP contribution is -1.84. The fraction of sp³-hybridized carbons (Fsp3) is 0.250. The summed E-state index contributed by atoms with van der Waals surface area (Å²) in [6.45, 7) is 0. The second-order valence-corrected chi connectivity index (χ2v) is 4.68. The van der Waals surface area contributed by atoms with Crippen molar-refractivity contribution >= 4 is 34.8 Å². The van der Waals surface area contributed by atoms with Gasteiger partial charge in [-0.05, 0) is 18.6 Å². The Bertz CT molecular complexity index is 510. The van der Waals surface area contributed by atoms with E-state index >= 15 is 0 Å². The third-order valence-electron chi connectivity index (χ3n) is 2.29. The second kappa shape index (κ2) is 5.76. The molecule has 90 valence electrons. The Hall–Kier alpha value is -0.700. The Morgan fingerprint density at radius 2 is 2.06 bits per heavy atom. The molecule has 1 heterocycles. The highest BCUT2D eigenvalue weighted by atomic mass is 35.5. The van der Waals surface area contributed by atoms with Gasteiger partial charge in [-0.3, -0.25) is 0 Å². The van der Waals surface area contributed by atoms with Crippen LogP contribution >= 0.6 is 34.8 Å². The molecule has 0 N–H and O–H groups in total. The van der Waals surface area contributed by atoms with Gasteiger partial charge < -0.3 is 4.42 Å². The first-order valence-electron chi connectivity index (χ1n) is 5.17. The van der Waals surface area contributed by atoms with Crippen LogP contribution in [0.25, 0.3) is 11.3 Å². The van der Waals surface area contributed by atoms with Gasteiger partial charge in [0.15, 0.2) is 11.7 Å². The molecule has 5 heteroatoms. The van der Waals surface area contributed by atoms with Crippen LogP contribution in [-0.4, -0.2) is 10.9 Å². The van der Waals surface area contributed by atoms with E-state index in [1.807, 2.05) is 12.1 Å². The summed E-state index contributed by atoms with van der Waals surface area (Å²) in [5.74, 6) is 1.88. The summed E-state index contributed by atoms with van der Waals surface area (Å²) in [6.07, 6.45) is 3.22. The molecule has 0 fully saturated rings. The molecule has 1 aromatic carbocycles. The van der Waals surface area contributed by atoms with E-state index in [0.717, 1.165) is 18.4 Å². The minimum Gasteiger partial charge on any atom is -0.441 e. The van der Waals surface area contributed by atoms with Gasteiger partial charge >= 0.3 is 0 Å². The number of aryl methyl sites for hydroxylation is 1. The molecular weight excluding hydrogens is 280 g/mol. The standard InChI is InChI=1S/C12H10Cl3NO/c13-6-2-5-11-16-7-10(17-11)8-3-1-4-9(14)12(8)15/h1,3-4,7H,2,5-6H2. The SMILES string of the molecule is ClCCCc1ncc(-c2cccc(Cl)c2Cl)o1. The number of hydrogen-bond acceptors (Lipinski definition) is 2.